The van der Waals surface area contributed by atoms with Gasteiger partial charge in [0.1, 0.15) is 17.0 Å². The number of pyridine rings is 1. The number of fused-ring (bicyclic) bond motifs is 13. The summed E-state index contributed by atoms with van der Waals surface area (Å²) in [7, 11) is 0. The van der Waals surface area contributed by atoms with Gasteiger partial charge in [-0.15, -0.1) is 29.7 Å². The largest absolute Gasteiger partial charge is 0.510 e. The summed E-state index contributed by atoms with van der Waals surface area (Å²) in [6.45, 7) is 13.3. The molecule has 11 aromatic carbocycles. The van der Waals surface area contributed by atoms with Crippen molar-refractivity contribution in [3.8, 4) is 95.5 Å². The van der Waals surface area contributed by atoms with Crippen LogP contribution in [0.15, 0.2) is 247 Å². The van der Waals surface area contributed by atoms with Gasteiger partial charge < -0.3 is 18.3 Å². The van der Waals surface area contributed by atoms with E-state index in [0.717, 1.165) is 122 Å². The molecule has 5 heterocycles. The van der Waals surface area contributed by atoms with Crippen LogP contribution in [-0.2, 0) is 31.9 Å². The molecule has 15 aromatic rings. The molecule has 87 heavy (non-hydrogen) atoms. The van der Waals surface area contributed by atoms with Crippen molar-refractivity contribution in [2.45, 2.75) is 52.4 Å². The molecule has 0 N–H and O–H groups in total. The molecule has 0 atom stereocenters. The zero-order valence-electron chi connectivity index (χ0n) is 53.6. The second-order valence-corrected chi connectivity index (χ2v) is 24.4. The van der Waals surface area contributed by atoms with Crippen molar-refractivity contribution >= 4 is 54.8 Å². The van der Waals surface area contributed by atoms with Crippen LogP contribution in [-0.4, -0.2) is 14.1 Å². The molecule has 0 saturated carbocycles. The Morgan fingerprint density at radius 3 is 1.98 bits per heavy atom. The van der Waals surface area contributed by atoms with Gasteiger partial charge in [-0.3, -0.25) is 4.57 Å². The quantitative estimate of drug-likeness (QED) is 0.118. The fourth-order valence-electron chi connectivity index (χ4n) is 12.8. The summed E-state index contributed by atoms with van der Waals surface area (Å²) in [5, 5.41) is 4.12. The van der Waals surface area contributed by atoms with Crippen molar-refractivity contribution in [3.63, 3.8) is 0 Å². The number of benzene rings is 11. The molecule has 6 nitrogen and oxygen atoms in total. The van der Waals surface area contributed by atoms with Crippen molar-refractivity contribution in [2.24, 2.45) is 0 Å². The summed E-state index contributed by atoms with van der Waals surface area (Å²) in [6, 6.07) is 76.4. The molecule has 0 saturated heterocycles. The zero-order chi connectivity index (χ0) is 62.4. The van der Waals surface area contributed by atoms with E-state index in [1.165, 1.54) is 11.1 Å². The fourth-order valence-corrected chi connectivity index (χ4v) is 12.8. The Labute approximate surface area is 527 Å². The van der Waals surface area contributed by atoms with Crippen LogP contribution in [0.5, 0.6) is 11.5 Å². The number of hydrogen-bond donors (Lipinski definition) is 0. The Morgan fingerprint density at radius 1 is 0.483 bits per heavy atom. The van der Waals surface area contributed by atoms with Crippen LogP contribution in [0.1, 0.15) is 59.5 Å². The van der Waals surface area contributed by atoms with Gasteiger partial charge in [-0.2, -0.15) is 18.2 Å². The predicted octanol–water partition coefficient (Wildman–Crippen LogP) is 20.4. The van der Waals surface area contributed by atoms with Crippen LogP contribution < -0.4 is 9.30 Å². The third-order valence-corrected chi connectivity index (χ3v) is 17.0. The molecule has 4 aromatic heterocycles. The molecule has 1 aliphatic heterocycles. The minimum Gasteiger partial charge on any atom is -0.510 e. The van der Waals surface area contributed by atoms with Crippen LogP contribution >= 0.6 is 0 Å². The van der Waals surface area contributed by atoms with Crippen molar-refractivity contribution in [3.05, 3.63) is 272 Å². The molecule has 16 rings (SSSR count). The maximum atomic E-state index is 9.45. The van der Waals surface area contributed by atoms with Crippen molar-refractivity contribution in [1.82, 2.24) is 14.1 Å². The smallest absolute Gasteiger partial charge is 0.268 e. The Balaban J connectivity index is 0.00000702. The van der Waals surface area contributed by atoms with E-state index in [-0.39, 0.29) is 49.5 Å². The summed E-state index contributed by atoms with van der Waals surface area (Å²) in [6.07, 6.45) is 5.86. The van der Waals surface area contributed by atoms with E-state index in [0.29, 0.717) is 22.7 Å². The summed E-state index contributed by atoms with van der Waals surface area (Å²) >= 11 is 0. The maximum Gasteiger partial charge on any atom is 0.268 e. The average Bonchev–Trinajstić information content (AvgIpc) is 1.42. The summed E-state index contributed by atoms with van der Waals surface area (Å²) < 4.78 is 65.2. The number of furan rings is 1. The topological polar surface area (TPSA) is 49.0 Å². The van der Waals surface area contributed by atoms with Gasteiger partial charge in [-0.1, -0.05) is 211 Å². The van der Waals surface area contributed by atoms with Gasteiger partial charge in [0.25, 0.3) is 6.33 Å². The van der Waals surface area contributed by atoms with Gasteiger partial charge in [-0.05, 0) is 142 Å². The number of hydrogen-bond acceptors (Lipinski definition) is 3. The van der Waals surface area contributed by atoms with E-state index in [1.807, 2.05) is 79.0 Å². The van der Waals surface area contributed by atoms with Crippen molar-refractivity contribution in [1.29, 1.82) is 0 Å². The standard InChI is InChI=1S/C80H58N4O2.Pt/c1-79(2,3)54-36-33-51(34-37-54)60-28-18-30-67-66-29-17-27-59(50-19-8-7-9-20-50)76(66)65-26-11-10-23-61(65)69-44-53(52-35-40-74-68(43-52)64-25-13-15-32-73(64)86-74)45-72-78(69)83(77(60)67)49-82(72)56-21-16-22-57(47-56)85-58-38-39-63-62-24-12-14-31-70(62)84(71(63)48-58)75-46-55(41-42-81-75)80(4,5)6;/h7-46H,1-6H3;/q-2;/i7D,8D,9D,19D,20D;. The van der Waals surface area contributed by atoms with E-state index >= 15 is 0 Å². The number of nitrogens with zero attached hydrogens (tertiary/aromatic N) is 4. The van der Waals surface area contributed by atoms with E-state index in [4.69, 9.17) is 18.3 Å². The number of ether oxygens (including phenoxy) is 1. The summed E-state index contributed by atoms with van der Waals surface area (Å²) in [4.78, 5) is 4.92. The zero-order valence-corrected chi connectivity index (χ0v) is 50.9. The molecule has 0 unspecified atom stereocenters. The first kappa shape index (κ1) is 48.4. The SMILES string of the molecule is [2H]c1c([2H])c([2H])c(-c2cccc3c2-c2ccccc2-c2cc(-c4ccc5oc6ccccc6c5c4)cc4c2[n+]([c-]n4-c2[c-]c(Oc4[c-]c5c(cc4)c4ccccc4n5-c4cc(C(C)(C)C)ccn4)ccc2)-c2c(-c4ccc(C(C)(C)C)cc4)cccc2-3)c([2H])c1[2H].[Pt]. The molecule has 7 heteroatoms. The first-order valence-electron chi connectivity index (χ1n) is 31.6. The molecule has 0 bridgehead atoms. The summed E-state index contributed by atoms with van der Waals surface area (Å²) in [5.74, 6) is 1.78. The van der Waals surface area contributed by atoms with Crippen LogP contribution in [0.25, 0.3) is 139 Å². The molecule has 1 aliphatic rings. The number of aromatic nitrogens is 4. The van der Waals surface area contributed by atoms with Crippen LogP contribution in [0.4, 0.5) is 0 Å². The molecule has 0 fully saturated rings. The van der Waals surface area contributed by atoms with Crippen LogP contribution in [0.3, 0.4) is 0 Å². The normalized spacial score (nSPS) is 13.0. The van der Waals surface area contributed by atoms with Gasteiger partial charge >= 0.3 is 0 Å². The minimum atomic E-state index is -0.448. The molecule has 0 spiro atoms. The maximum absolute atomic E-state index is 9.45. The molecule has 0 radical (unpaired) electrons. The molecule has 422 valence electrons. The second-order valence-electron chi connectivity index (χ2n) is 24.4. The monoisotopic (exact) mass is 1310 g/mol. The van der Waals surface area contributed by atoms with E-state index < -0.39 is 18.1 Å². The third-order valence-electron chi connectivity index (χ3n) is 17.0. The molecular formula is C80H58N4O2Pt-2. The fraction of sp³-hybridized carbons (Fsp3) is 0.100. The van der Waals surface area contributed by atoms with Crippen molar-refractivity contribution in [2.75, 3.05) is 0 Å². The van der Waals surface area contributed by atoms with Crippen molar-refractivity contribution < 1.29 is 41.6 Å². The number of rotatable bonds is 7. The van der Waals surface area contributed by atoms with Gasteiger partial charge in [0.15, 0.2) is 0 Å². The van der Waals surface area contributed by atoms with E-state index in [9.17, 15) is 2.74 Å². The third kappa shape index (κ3) is 9.04. The summed E-state index contributed by atoms with van der Waals surface area (Å²) in [5.41, 5.74) is 18.1. The van der Waals surface area contributed by atoms with Gasteiger partial charge in [0, 0.05) is 55.1 Å². The van der Waals surface area contributed by atoms with E-state index in [2.05, 4.69) is 207 Å². The Kier molecular flexibility index (Phi) is 11.5. The van der Waals surface area contributed by atoms with Crippen LogP contribution in [0.2, 0.25) is 0 Å². The predicted molar refractivity (Wildman–Crippen MR) is 351 cm³/mol. The number of imidazole rings is 1. The van der Waals surface area contributed by atoms with Crippen LogP contribution in [0, 0.1) is 18.5 Å². The minimum absolute atomic E-state index is 0. The average molecular weight is 1310 g/mol. The van der Waals surface area contributed by atoms with Gasteiger partial charge in [0.2, 0.25) is 0 Å². The first-order chi connectivity index (χ1) is 44.0. The van der Waals surface area contributed by atoms with Gasteiger partial charge in [-0.25, -0.2) is 4.98 Å². The van der Waals surface area contributed by atoms with E-state index in [1.54, 1.807) is 0 Å². The second kappa shape index (κ2) is 20.7. The molecular weight excluding hydrogens is 1240 g/mol. The Morgan fingerprint density at radius 2 is 1.16 bits per heavy atom. The first-order valence-corrected chi connectivity index (χ1v) is 29.1. The Bertz CT molecular complexity index is 5530. The Hall–Kier alpha value is -9.87. The van der Waals surface area contributed by atoms with Gasteiger partial charge in [0.05, 0.1) is 23.6 Å². The number of para-hydroxylation sites is 3. The molecule has 0 aliphatic carbocycles. The molecule has 0 amide bonds.